The molecule has 6 heteroatoms. The number of aromatic nitrogens is 2. The molecule has 0 atom stereocenters. The minimum atomic E-state index is 0.0595. The normalized spacial score (nSPS) is 11.0. The Morgan fingerprint density at radius 1 is 1.09 bits per heavy atom. The summed E-state index contributed by atoms with van der Waals surface area (Å²) in [5, 5.41) is 12.5. The Morgan fingerprint density at radius 3 is 2.61 bits per heavy atom. The summed E-state index contributed by atoms with van der Waals surface area (Å²) >= 11 is 0. The van der Waals surface area contributed by atoms with Gasteiger partial charge in [-0.25, -0.2) is 4.98 Å². The van der Waals surface area contributed by atoms with E-state index in [1.54, 1.807) is 36.7 Å². The molecule has 0 amide bonds. The molecular weight excluding hydrogens is 290 g/mol. The zero-order valence-electron chi connectivity index (χ0n) is 12.1. The lowest BCUT2D eigenvalue weighted by Crippen LogP contribution is -2.12. The van der Waals surface area contributed by atoms with Crippen molar-refractivity contribution in [3.8, 4) is 11.8 Å². The summed E-state index contributed by atoms with van der Waals surface area (Å²) in [4.78, 5) is 8.35. The van der Waals surface area contributed by atoms with Crippen LogP contribution in [0.3, 0.4) is 0 Å². The maximum absolute atomic E-state index is 8.64. The van der Waals surface area contributed by atoms with Gasteiger partial charge in [-0.05, 0) is 36.4 Å². The van der Waals surface area contributed by atoms with E-state index in [9.17, 15) is 0 Å². The van der Waals surface area contributed by atoms with Crippen LogP contribution in [-0.4, -0.2) is 21.0 Å². The standard InChI is InChI=1S/C17H13N5O/c18-16(22-23)12-6-3-11(4-7-12)5-8-13-10-21-17(19)15-14(13)2-1-9-20-15/h1-4,6-7,9-10,23H,(H2,18,22)(H2,19,21). The molecule has 0 bridgehead atoms. The summed E-state index contributed by atoms with van der Waals surface area (Å²) in [6.07, 6.45) is 3.31. The Labute approximate surface area is 132 Å². The molecule has 0 spiro atoms. The average molecular weight is 303 g/mol. The van der Waals surface area contributed by atoms with Crippen LogP contribution in [-0.2, 0) is 0 Å². The molecule has 0 aliphatic heterocycles. The van der Waals surface area contributed by atoms with E-state index in [1.807, 2.05) is 12.1 Å². The molecule has 0 saturated heterocycles. The summed E-state index contributed by atoms with van der Waals surface area (Å²) in [7, 11) is 0. The summed E-state index contributed by atoms with van der Waals surface area (Å²) in [6, 6.07) is 10.8. The zero-order chi connectivity index (χ0) is 16.2. The fourth-order valence-electron chi connectivity index (χ4n) is 2.11. The average Bonchev–Trinajstić information content (AvgIpc) is 2.61. The summed E-state index contributed by atoms with van der Waals surface area (Å²) in [5.41, 5.74) is 14.2. The van der Waals surface area contributed by atoms with Crippen LogP contribution in [0, 0.1) is 11.8 Å². The van der Waals surface area contributed by atoms with Crippen LogP contribution in [0.5, 0.6) is 0 Å². The third kappa shape index (κ3) is 2.89. The number of rotatable bonds is 1. The highest BCUT2D eigenvalue weighted by Crippen LogP contribution is 2.19. The third-order valence-corrected chi connectivity index (χ3v) is 3.30. The smallest absolute Gasteiger partial charge is 0.170 e. The van der Waals surface area contributed by atoms with Crippen LogP contribution in [0.25, 0.3) is 10.9 Å². The first-order valence-corrected chi connectivity index (χ1v) is 6.78. The first-order valence-electron chi connectivity index (χ1n) is 6.78. The van der Waals surface area contributed by atoms with Crippen molar-refractivity contribution in [3.63, 3.8) is 0 Å². The number of fused-ring (bicyclic) bond motifs is 1. The van der Waals surface area contributed by atoms with Gasteiger partial charge in [-0.15, -0.1) is 0 Å². The van der Waals surface area contributed by atoms with Gasteiger partial charge >= 0.3 is 0 Å². The van der Waals surface area contributed by atoms with Crippen LogP contribution in [0.2, 0.25) is 0 Å². The summed E-state index contributed by atoms with van der Waals surface area (Å²) in [6.45, 7) is 0. The maximum atomic E-state index is 8.64. The molecule has 1 aromatic carbocycles. The van der Waals surface area contributed by atoms with E-state index in [1.165, 1.54) is 0 Å². The molecule has 2 heterocycles. The number of nitrogens with zero attached hydrogens (tertiary/aromatic N) is 3. The van der Waals surface area contributed by atoms with E-state index in [0.717, 1.165) is 16.5 Å². The van der Waals surface area contributed by atoms with Crippen molar-refractivity contribution in [1.82, 2.24) is 9.97 Å². The number of benzene rings is 1. The van der Waals surface area contributed by atoms with E-state index in [4.69, 9.17) is 16.7 Å². The number of amidine groups is 1. The van der Waals surface area contributed by atoms with Crippen molar-refractivity contribution in [1.29, 1.82) is 0 Å². The van der Waals surface area contributed by atoms with Crippen molar-refractivity contribution < 1.29 is 5.21 Å². The number of pyridine rings is 2. The summed E-state index contributed by atoms with van der Waals surface area (Å²) in [5.74, 6) is 6.57. The van der Waals surface area contributed by atoms with E-state index in [2.05, 4.69) is 27.0 Å². The Bertz CT molecular complexity index is 952. The number of hydrogen-bond donors (Lipinski definition) is 3. The molecule has 0 saturated carbocycles. The maximum Gasteiger partial charge on any atom is 0.170 e. The molecule has 0 aliphatic carbocycles. The third-order valence-electron chi connectivity index (χ3n) is 3.30. The quantitative estimate of drug-likeness (QED) is 0.208. The van der Waals surface area contributed by atoms with Crippen molar-refractivity contribution in [2.75, 3.05) is 5.73 Å². The highest BCUT2D eigenvalue weighted by molar-refractivity contribution is 5.97. The molecule has 0 unspecified atom stereocenters. The molecule has 3 aromatic rings. The minimum absolute atomic E-state index is 0.0595. The predicted octanol–water partition coefficient (Wildman–Crippen LogP) is 1.71. The lowest BCUT2D eigenvalue weighted by molar-refractivity contribution is 0.318. The fourth-order valence-corrected chi connectivity index (χ4v) is 2.11. The number of nitrogen functional groups attached to an aromatic ring is 1. The Kier molecular flexibility index (Phi) is 3.77. The van der Waals surface area contributed by atoms with Crippen LogP contribution >= 0.6 is 0 Å². The van der Waals surface area contributed by atoms with E-state index < -0.39 is 0 Å². The summed E-state index contributed by atoms with van der Waals surface area (Å²) < 4.78 is 0. The van der Waals surface area contributed by atoms with Gasteiger partial charge in [-0.2, -0.15) is 0 Å². The molecular formula is C17H13N5O. The first kappa shape index (κ1) is 14.4. The number of nitrogens with two attached hydrogens (primary N) is 2. The molecule has 23 heavy (non-hydrogen) atoms. The molecule has 6 nitrogen and oxygen atoms in total. The molecule has 2 aromatic heterocycles. The van der Waals surface area contributed by atoms with Crippen LogP contribution in [0.1, 0.15) is 16.7 Å². The van der Waals surface area contributed by atoms with Gasteiger partial charge in [0.2, 0.25) is 0 Å². The Hall–Kier alpha value is -3.59. The fraction of sp³-hybridized carbons (Fsp3) is 0. The van der Waals surface area contributed by atoms with E-state index >= 15 is 0 Å². The second-order valence-corrected chi connectivity index (χ2v) is 4.77. The topological polar surface area (TPSA) is 110 Å². The van der Waals surface area contributed by atoms with Gasteiger partial charge in [0.15, 0.2) is 5.84 Å². The van der Waals surface area contributed by atoms with Crippen molar-refractivity contribution in [2.45, 2.75) is 0 Å². The number of oxime groups is 1. The molecule has 5 N–H and O–H groups in total. The number of anilines is 1. The van der Waals surface area contributed by atoms with E-state index in [-0.39, 0.29) is 5.84 Å². The van der Waals surface area contributed by atoms with Gasteiger partial charge in [-0.3, -0.25) is 4.98 Å². The molecule has 0 fully saturated rings. The predicted molar refractivity (Wildman–Crippen MR) is 88.9 cm³/mol. The van der Waals surface area contributed by atoms with E-state index in [0.29, 0.717) is 16.9 Å². The Morgan fingerprint density at radius 2 is 1.87 bits per heavy atom. The monoisotopic (exact) mass is 303 g/mol. The lowest BCUT2D eigenvalue weighted by Gasteiger charge is -2.01. The first-order chi connectivity index (χ1) is 11.2. The zero-order valence-corrected chi connectivity index (χ0v) is 12.1. The highest BCUT2D eigenvalue weighted by Gasteiger charge is 2.04. The molecule has 3 rings (SSSR count). The molecule has 0 aliphatic rings. The second-order valence-electron chi connectivity index (χ2n) is 4.77. The second kappa shape index (κ2) is 6.03. The van der Waals surface area contributed by atoms with Crippen molar-refractivity contribution in [2.24, 2.45) is 10.9 Å². The van der Waals surface area contributed by atoms with Crippen LogP contribution < -0.4 is 11.5 Å². The van der Waals surface area contributed by atoms with Gasteiger partial charge in [0.05, 0.1) is 5.56 Å². The lowest BCUT2D eigenvalue weighted by atomic mass is 10.1. The SMILES string of the molecule is N/C(=N\O)c1ccc(C#Cc2cnc(N)c3ncccc23)cc1. The molecule has 0 radical (unpaired) electrons. The van der Waals surface area contributed by atoms with Gasteiger partial charge in [0, 0.05) is 28.9 Å². The largest absolute Gasteiger partial charge is 0.409 e. The number of hydrogen-bond acceptors (Lipinski definition) is 5. The van der Waals surface area contributed by atoms with Crippen LogP contribution in [0.4, 0.5) is 5.82 Å². The van der Waals surface area contributed by atoms with Gasteiger partial charge in [0.25, 0.3) is 0 Å². The van der Waals surface area contributed by atoms with Gasteiger partial charge in [0.1, 0.15) is 11.3 Å². The minimum Gasteiger partial charge on any atom is -0.409 e. The van der Waals surface area contributed by atoms with Gasteiger partial charge in [-0.1, -0.05) is 17.0 Å². The molecule has 112 valence electrons. The van der Waals surface area contributed by atoms with Crippen LogP contribution in [0.15, 0.2) is 53.9 Å². The van der Waals surface area contributed by atoms with Crippen molar-refractivity contribution >= 4 is 22.6 Å². The highest BCUT2D eigenvalue weighted by atomic mass is 16.4. The van der Waals surface area contributed by atoms with Crippen molar-refractivity contribution in [3.05, 3.63) is 65.5 Å². The van der Waals surface area contributed by atoms with Gasteiger partial charge < -0.3 is 16.7 Å². The Balaban J connectivity index is 1.98.